The molecule has 1 aromatic carbocycles. The van der Waals surface area contributed by atoms with E-state index in [-0.39, 0.29) is 0 Å². The van der Waals surface area contributed by atoms with Gasteiger partial charge in [-0.1, -0.05) is 6.07 Å². The van der Waals surface area contributed by atoms with Crippen LogP contribution in [-0.2, 0) is 0 Å². The summed E-state index contributed by atoms with van der Waals surface area (Å²) in [5.41, 5.74) is 4.97. The molecule has 3 rings (SSSR count). The molecule has 0 saturated carbocycles. The molecule has 78 valence electrons. The minimum Gasteiger partial charge on any atom is -0.352 e. The highest BCUT2D eigenvalue weighted by atomic mass is 14.8. The standard InChI is InChI=1S/C13H11N3/c1-8-2-4-10-12(6-8)15-11-5-3-9(14)7-13(11)16-10/h2-7,14,16H,1H3. The molecule has 0 amide bonds. The first-order valence-electron chi connectivity index (χ1n) is 5.17. The van der Waals surface area contributed by atoms with Crippen LogP contribution in [0.2, 0.25) is 0 Å². The van der Waals surface area contributed by atoms with Crippen molar-refractivity contribution < 1.29 is 0 Å². The number of benzene rings is 2. The molecule has 0 atom stereocenters. The van der Waals surface area contributed by atoms with Gasteiger partial charge in [0, 0.05) is 0 Å². The summed E-state index contributed by atoms with van der Waals surface area (Å²) in [6, 6.07) is 11.5. The molecule has 0 aromatic heterocycles. The van der Waals surface area contributed by atoms with Crippen LogP contribution in [0.4, 0.5) is 0 Å². The van der Waals surface area contributed by atoms with E-state index >= 15 is 0 Å². The predicted molar refractivity (Wildman–Crippen MR) is 63.3 cm³/mol. The van der Waals surface area contributed by atoms with E-state index in [0.717, 1.165) is 22.4 Å². The summed E-state index contributed by atoms with van der Waals surface area (Å²) in [6.45, 7) is 2.05. The van der Waals surface area contributed by atoms with Gasteiger partial charge in [-0.2, -0.15) is 0 Å². The van der Waals surface area contributed by atoms with Crippen LogP contribution in [0.5, 0.6) is 0 Å². The Kier molecular flexibility index (Phi) is 1.80. The Balaban J connectivity index is 2.45. The topological polar surface area (TPSA) is 52.5 Å². The molecule has 1 heterocycles. The van der Waals surface area contributed by atoms with Crippen molar-refractivity contribution >= 4 is 11.0 Å². The number of fused-ring (bicyclic) bond motifs is 2. The molecule has 0 unspecified atom stereocenters. The van der Waals surface area contributed by atoms with Crippen LogP contribution >= 0.6 is 0 Å². The van der Waals surface area contributed by atoms with E-state index in [2.05, 4.69) is 29.0 Å². The third kappa shape index (κ3) is 1.37. The molecule has 16 heavy (non-hydrogen) atoms. The number of nitrogens with zero attached hydrogens (tertiary/aromatic N) is 1. The highest BCUT2D eigenvalue weighted by Gasteiger charge is 2.05. The molecule has 0 saturated heterocycles. The van der Waals surface area contributed by atoms with Gasteiger partial charge in [0.25, 0.3) is 0 Å². The minimum atomic E-state index is 0.497. The lowest BCUT2D eigenvalue weighted by Crippen LogP contribution is -2.02. The summed E-state index contributed by atoms with van der Waals surface area (Å²) in [5, 5.41) is 8.07. The first kappa shape index (κ1) is 9.09. The van der Waals surface area contributed by atoms with Crippen LogP contribution in [0, 0.1) is 12.3 Å². The van der Waals surface area contributed by atoms with Gasteiger partial charge in [-0.05, 0) is 42.8 Å². The van der Waals surface area contributed by atoms with E-state index in [9.17, 15) is 0 Å². The fourth-order valence-electron chi connectivity index (χ4n) is 1.85. The van der Waals surface area contributed by atoms with Gasteiger partial charge in [0.15, 0.2) is 0 Å². The first-order chi connectivity index (χ1) is 7.72. The number of hydrogen-bond acceptors (Lipinski definition) is 2. The maximum Gasteiger partial charge on any atom is 0.0875 e. The van der Waals surface area contributed by atoms with Crippen LogP contribution in [-0.4, -0.2) is 9.97 Å². The smallest absolute Gasteiger partial charge is 0.0875 e. The fraction of sp³-hybridized carbons (Fsp3) is 0.0769. The second-order valence-electron chi connectivity index (χ2n) is 3.99. The first-order valence-corrected chi connectivity index (χ1v) is 5.17. The zero-order valence-electron chi connectivity index (χ0n) is 8.91. The fourth-order valence-corrected chi connectivity index (χ4v) is 1.85. The number of aryl methyl sites for hydroxylation is 1. The largest absolute Gasteiger partial charge is 0.352 e. The summed E-state index contributed by atoms with van der Waals surface area (Å²) in [6.07, 6.45) is 0. The predicted octanol–water partition coefficient (Wildman–Crippen LogP) is 2.46. The van der Waals surface area contributed by atoms with Crippen LogP contribution < -0.4 is 5.36 Å². The van der Waals surface area contributed by atoms with Gasteiger partial charge in [0.05, 0.1) is 27.8 Å². The summed E-state index contributed by atoms with van der Waals surface area (Å²) in [5.74, 6) is 0. The lowest BCUT2D eigenvalue weighted by molar-refractivity contribution is 1.21. The second kappa shape index (κ2) is 3.17. The van der Waals surface area contributed by atoms with Crippen molar-refractivity contribution in [2.45, 2.75) is 6.92 Å². The number of rotatable bonds is 0. The third-order valence-corrected chi connectivity index (χ3v) is 2.66. The molecule has 1 aromatic rings. The molecule has 3 nitrogen and oxygen atoms in total. The van der Waals surface area contributed by atoms with Crippen molar-refractivity contribution in [3.05, 3.63) is 47.3 Å². The van der Waals surface area contributed by atoms with Gasteiger partial charge in [-0.15, -0.1) is 0 Å². The Hall–Kier alpha value is -2.16. The Labute approximate surface area is 92.6 Å². The van der Waals surface area contributed by atoms with Crippen molar-refractivity contribution in [3.8, 4) is 11.4 Å². The van der Waals surface area contributed by atoms with E-state index < -0.39 is 0 Å². The normalized spacial score (nSPS) is 11.1. The summed E-state index contributed by atoms with van der Waals surface area (Å²) in [7, 11) is 0. The molecule has 2 aliphatic rings. The Bertz CT molecular complexity index is 697. The summed E-state index contributed by atoms with van der Waals surface area (Å²) >= 11 is 0. The zero-order valence-corrected chi connectivity index (χ0v) is 8.91. The molecule has 1 aliphatic heterocycles. The zero-order chi connectivity index (χ0) is 11.1. The number of aromatic amines is 1. The van der Waals surface area contributed by atoms with Gasteiger partial charge in [-0.25, -0.2) is 4.98 Å². The third-order valence-electron chi connectivity index (χ3n) is 2.66. The summed E-state index contributed by atoms with van der Waals surface area (Å²) < 4.78 is 0. The van der Waals surface area contributed by atoms with E-state index in [1.165, 1.54) is 5.56 Å². The van der Waals surface area contributed by atoms with Crippen molar-refractivity contribution in [3.63, 3.8) is 0 Å². The van der Waals surface area contributed by atoms with Gasteiger partial charge >= 0.3 is 0 Å². The Morgan fingerprint density at radius 1 is 1.12 bits per heavy atom. The van der Waals surface area contributed by atoms with Crippen molar-refractivity contribution in [2.75, 3.05) is 0 Å². The molecule has 2 N–H and O–H groups in total. The van der Waals surface area contributed by atoms with Crippen LogP contribution in [0.25, 0.3) is 22.4 Å². The average Bonchev–Trinajstić information content (AvgIpc) is 2.26. The van der Waals surface area contributed by atoms with E-state index in [0.29, 0.717) is 5.36 Å². The summed E-state index contributed by atoms with van der Waals surface area (Å²) in [4.78, 5) is 7.86. The molecule has 0 fully saturated rings. The van der Waals surface area contributed by atoms with Crippen LogP contribution in [0.3, 0.4) is 0 Å². The molecule has 0 bridgehead atoms. The Morgan fingerprint density at radius 3 is 2.88 bits per heavy atom. The molecule has 3 heteroatoms. The van der Waals surface area contributed by atoms with Crippen LogP contribution in [0.1, 0.15) is 5.56 Å². The van der Waals surface area contributed by atoms with Gasteiger partial charge < -0.3 is 10.4 Å². The maximum atomic E-state index is 7.57. The second-order valence-corrected chi connectivity index (χ2v) is 3.99. The highest BCUT2D eigenvalue weighted by Crippen LogP contribution is 2.19. The van der Waals surface area contributed by atoms with E-state index in [4.69, 9.17) is 5.41 Å². The molecular weight excluding hydrogens is 198 g/mol. The number of nitrogens with one attached hydrogen (secondary N) is 2. The van der Waals surface area contributed by atoms with Crippen LogP contribution in [0.15, 0.2) is 36.4 Å². The van der Waals surface area contributed by atoms with Crippen molar-refractivity contribution in [1.29, 1.82) is 5.41 Å². The highest BCUT2D eigenvalue weighted by molar-refractivity contribution is 5.79. The Morgan fingerprint density at radius 2 is 2.00 bits per heavy atom. The van der Waals surface area contributed by atoms with Gasteiger partial charge in [0.1, 0.15) is 0 Å². The van der Waals surface area contributed by atoms with E-state index in [1.54, 1.807) is 12.1 Å². The average molecular weight is 209 g/mol. The lowest BCUT2D eigenvalue weighted by Gasteiger charge is -2.07. The van der Waals surface area contributed by atoms with Gasteiger partial charge in [-0.3, -0.25) is 0 Å². The maximum absolute atomic E-state index is 7.57. The van der Waals surface area contributed by atoms with Crippen molar-refractivity contribution in [1.82, 2.24) is 9.97 Å². The molecule has 0 radical (unpaired) electrons. The van der Waals surface area contributed by atoms with E-state index in [1.807, 2.05) is 12.1 Å². The van der Waals surface area contributed by atoms with Crippen molar-refractivity contribution in [2.24, 2.45) is 0 Å². The lowest BCUT2D eigenvalue weighted by atomic mass is 10.1. The van der Waals surface area contributed by atoms with Gasteiger partial charge in [0.2, 0.25) is 0 Å². The quantitative estimate of drug-likeness (QED) is 0.549. The molecule has 0 spiro atoms. The SMILES string of the molecule is Cc1ccc2[nH]c3cc(=N)ccc-3nc2c1. The number of aromatic nitrogens is 2. The monoisotopic (exact) mass is 209 g/mol. The molecular formula is C13H11N3. The number of hydrogen-bond donors (Lipinski definition) is 2. The molecule has 1 aliphatic carbocycles. The minimum absolute atomic E-state index is 0.497. The number of H-pyrrole nitrogens is 1.